The van der Waals surface area contributed by atoms with E-state index in [1.54, 1.807) is 18.2 Å². The fourth-order valence-corrected chi connectivity index (χ4v) is 3.83. The number of hydrogen-bond acceptors (Lipinski definition) is 3. The van der Waals surface area contributed by atoms with Crippen molar-refractivity contribution < 1.29 is 16.1 Å². The van der Waals surface area contributed by atoms with E-state index in [-0.39, 0.29) is 19.3 Å². The number of carboxylic acid groups (broad SMARTS) is 1. The van der Waals surface area contributed by atoms with E-state index < -0.39 is 5.97 Å². The first kappa shape index (κ1) is 23.6. The molecule has 5 rings (SSSR count). The van der Waals surface area contributed by atoms with Gasteiger partial charge in [0.2, 0.25) is 5.91 Å². The van der Waals surface area contributed by atoms with Crippen molar-refractivity contribution in [1.82, 2.24) is 4.98 Å². The molecule has 0 aliphatic carbocycles. The maximum Gasteiger partial charge on any atom is 1.00 e. The number of benzene rings is 3. The number of aromatic amines is 1. The van der Waals surface area contributed by atoms with E-state index in [1.807, 2.05) is 54.6 Å². The second-order valence-electron chi connectivity index (χ2n) is 6.95. The first-order chi connectivity index (χ1) is 15.3. The predicted molar refractivity (Wildman–Crippen MR) is 133 cm³/mol. The lowest BCUT2D eigenvalue weighted by Gasteiger charge is -1.97. The molecule has 0 saturated carbocycles. The van der Waals surface area contributed by atoms with Crippen molar-refractivity contribution in [2.24, 2.45) is 0 Å². The quantitative estimate of drug-likeness (QED) is 0.287. The van der Waals surface area contributed by atoms with Crippen LogP contribution in [-0.2, 0) is 22.4 Å². The lowest BCUT2D eigenvalue weighted by molar-refractivity contribution is -0.136. The van der Waals surface area contributed by atoms with Gasteiger partial charge in [-0.05, 0) is 33.8 Å². The summed E-state index contributed by atoms with van der Waals surface area (Å²) in [5.74, 6) is -0.704. The highest BCUT2D eigenvalue weighted by Crippen LogP contribution is 2.25. The Balaban J connectivity index is 0.000000173. The van der Waals surface area contributed by atoms with Gasteiger partial charge in [-0.3, -0.25) is 14.4 Å². The summed E-state index contributed by atoms with van der Waals surface area (Å²) in [6.07, 6.45) is 0.621. The van der Waals surface area contributed by atoms with Gasteiger partial charge in [-0.1, -0.05) is 85.9 Å². The molecule has 0 atom stereocenters. The highest BCUT2D eigenvalue weighted by Gasteiger charge is 2.16. The molecule has 164 valence electrons. The number of anilines is 1. The molecule has 1 aliphatic rings. The van der Waals surface area contributed by atoms with Crippen LogP contribution in [0.4, 0.5) is 5.69 Å². The van der Waals surface area contributed by atoms with E-state index in [1.165, 1.54) is 0 Å². The molecule has 3 aromatic carbocycles. The molecule has 2 heterocycles. The van der Waals surface area contributed by atoms with Crippen LogP contribution in [0.5, 0.6) is 0 Å². The fraction of sp³-hybridized carbons (Fsp3) is 0.0833. The van der Waals surface area contributed by atoms with E-state index in [0.29, 0.717) is 6.42 Å². The molecule has 0 fully saturated rings. The van der Waals surface area contributed by atoms with Gasteiger partial charge in [-0.15, -0.1) is 6.07 Å². The standard InChI is InChI=1S/C8H6BrNO.C8H5BrNO.C8H8O2/c2*9-6-1-2-7-5(3-6)4-8(11)10-7;9-8(10)6-7-4-2-1-3-5-7/h1-3H,4H2,(H,10,11);1-4H,(H,10,11);1-5H,6H2,(H,9,10)/q;-1;/p+1. The number of halogens is 2. The summed E-state index contributed by atoms with van der Waals surface area (Å²) in [5, 5.41) is 12.1. The molecule has 1 aliphatic heterocycles. The van der Waals surface area contributed by atoms with Crippen LogP contribution in [0.25, 0.3) is 10.9 Å². The van der Waals surface area contributed by atoms with Crippen molar-refractivity contribution in [3.63, 3.8) is 0 Å². The maximum atomic E-state index is 10.9. The maximum absolute atomic E-state index is 10.9. The van der Waals surface area contributed by atoms with Crippen molar-refractivity contribution in [1.29, 1.82) is 0 Å². The molecule has 8 heteroatoms. The molecule has 4 aromatic rings. The number of nitrogens with one attached hydrogen (secondary N) is 2. The van der Waals surface area contributed by atoms with Gasteiger partial charge in [0.25, 0.3) is 0 Å². The van der Waals surface area contributed by atoms with Gasteiger partial charge in [0.05, 0.1) is 12.8 Å². The summed E-state index contributed by atoms with van der Waals surface area (Å²) in [5.41, 5.74) is 3.70. The third-order valence-corrected chi connectivity index (χ3v) is 5.44. The predicted octanol–water partition coefficient (Wildman–Crippen LogP) is 5.38. The summed E-state index contributed by atoms with van der Waals surface area (Å²) in [6.45, 7) is 0. The Hall–Kier alpha value is -3.10. The normalized spacial score (nSPS) is 11.5. The molecule has 32 heavy (non-hydrogen) atoms. The second kappa shape index (κ2) is 11.0. The van der Waals surface area contributed by atoms with E-state index in [4.69, 9.17) is 5.11 Å². The monoisotopic (exact) mass is 558 g/mol. The zero-order valence-corrected chi connectivity index (χ0v) is 19.9. The van der Waals surface area contributed by atoms with Gasteiger partial charge >= 0.3 is 7.40 Å². The second-order valence-corrected chi connectivity index (χ2v) is 8.78. The van der Waals surface area contributed by atoms with Crippen molar-refractivity contribution in [2.75, 3.05) is 5.32 Å². The average molecular weight is 560 g/mol. The molecule has 1 aromatic heterocycles. The highest BCUT2D eigenvalue weighted by molar-refractivity contribution is 9.10. The summed E-state index contributed by atoms with van der Waals surface area (Å²) in [6, 6.07) is 22.2. The highest BCUT2D eigenvalue weighted by atomic mass is 79.9. The summed E-state index contributed by atoms with van der Waals surface area (Å²) in [7, 11) is 0. The van der Waals surface area contributed by atoms with Gasteiger partial charge < -0.3 is 15.4 Å². The fourth-order valence-electron chi connectivity index (χ4n) is 3.05. The van der Waals surface area contributed by atoms with Crippen molar-refractivity contribution >= 4 is 60.3 Å². The van der Waals surface area contributed by atoms with Gasteiger partial charge in [0.15, 0.2) is 5.56 Å². The molecule has 0 spiro atoms. The first-order valence-electron chi connectivity index (χ1n) is 9.59. The molecular formula is C24H20Br2N2O4. The third-order valence-electron chi connectivity index (χ3n) is 4.45. The molecule has 0 unspecified atom stereocenters. The van der Waals surface area contributed by atoms with E-state index in [2.05, 4.69) is 42.2 Å². The van der Waals surface area contributed by atoms with Crippen LogP contribution < -0.4 is 10.9 Å². The molecular weight excluding hydrogens is 540 g/mol. The Bertz CT molecular complexity index is 1300. The average Bonchev–Trinajstić information content (AvgIpc) is 3.29. The third kappa shape index (κ3) is 6.96. The summed E-state index contributed by atoms with van der Waals surface area (Å²) >= 11 is 6.67. The lowest BCUT2D eigenvalue weighted by atomic mass is 10.2. The first-order valence-corrected chi connectivity index (χ1v) is 11.2. The Kier molecular flexibility index (Phi) is 8.08. The van der Waals surface area contributed by atoms with Crippen LogP contribution in [-0.4, -0.2) is 22.0 Å². The lowest BCUT2D eigenvalue weighted by Crippen LogP contribution is -2.03. The number of aromatic nitrogens is 1. The largest absolute Gasteiger partial charge is 1.00 e. The molecule has 0 bridgehead atoms. The minimum atomic E-state index is -0.786. The number of hydrogen-bond donors (Lipinski definition) is 3. The van der Waals surface area contributed by atoms with E-state index >= 15 is 0 Å². The number of carbonyl (C=O) groups is 2. The van der Waals surface area contributed by atoms with Crippen LogP contribution in [0, 0.1) is 0 Å². The number of rotatable bonds is 2. The van der Waals surface area contributed by atoms with Crippen LogP contribution in [0.15, 0.2) is 86.5 Å². The Labute approximate surface area is 202 Å². The number of aliphatic carboxylic acids is 1. The van der Waals surface area contributed by atoms with Crippen molar-refractivity contribution in [3.05, 3.63) is 103 Å². The molecule has 6 nitrogen and oxygen atoms in total. The number of amides is 1. The van der Waals surface area contributed by atoms with Crippen LogP contribution >= 0.6 is 31.9 Å². The van der Waals surface area contributed by atoms with Crippen molar-refractivity contribution in [2.45, 2.75) is 12.8 Å². The van der Waals surface area contributed by atoms with Gasteiger partial charge in [0.1, 0.15) is 0 Å². The zero-order valence-electron chi connectivity index (χ0n) is 17.8. The topological polar surface area (TPSA) is 99.3 Å². The molecule has 0 saturated heterocycles. The Morgan fingerprint density at radius 1 is 1.00 bits per heavy atom. The molecule has 0 radical (unpaired) electrons. The number of H-pyrrole nitrogens is 1. The summed E-state index contributed by atoms with van der Waals surface area (Å²) in [4.78, 5) is 34.6. The minimum Gasteiger partial charge on any atom is -0.481 e. The Morgan fingerprint density at radius 3 is 2.41 bits per heavy atom. The number of carboxylic acids is 1. The van der Waals surface area contributed by atoms with Crippen LogP contribution in [0.2, 0.25) is 0 Å². The van der Waals surface area contributed by atoms with Gasteiger partial charge in [0, 0.05) is 10.2 Å². The summed E-state index contributed by atoms with van der Waals surface area (Å²) < 4.78 is 2.01. The van der Waals surface area contributed by atoms with E-state index in [0.717, 1.165) is 36.7 Å². The van der Waals surface area contributed by atoms with Gasteiger partial charge in [-0.25, -0.2) is 0 Å². The van der Waals surface area contributed by atoms with Gasteiger partial charge in [-0.2, -0.15) is 5.39 Å². The van der Waals surface area contributed by atoms with Crippen LogP contribution in [0.1, 0.15) is 12.6 Å². The molecule has 3 N–H and O–H groups in total. The van der Waals surface area contributed by atoms with Crippen molar-refractivity contribution in [3.8, 4) is 0 Å². The van der Waals surface area contributed by atoms with Crippen LogP contribution in [0.3, 0.4) is 0 Å². The Morgan fingerprint density at radius 2 is 1.69 bits per heavy atom. The molecule has 1 amide bonds. The SMILES string of the molecule is O=C(O)Cc1ccccc1.O=C1Cc2cc(Br)ccc2N1.O=c1[cH-]c2cc(Br)ccc2[nH]1.[H+]. The number of carbonyl (C=O) groups excluding carboxylic acids is 1. The number of fused-ring (bicyclic) bond motifs is 2. The minimum absolute atomic E-state index is 0. The van der Waals surface area contributed by atoms with E-state index in [9.17, 15) is 14.4 Å². The smallest absolute Gasteiger partial charge is 0.481 e. The zero-order chi connectivity index (χ0) is 23.1.